The van der Waals surface area contributed by atoms with Gasteiger partial charge in [0.05, 0.1) is 40.3 Å². The van der Waals surface area contributed by atoms with Gasteiger partial charge in [-0.15, -0.1) is 0 Å². The summed E-state index contributed by atoms with van der Waals surface area (Å²) in [7, 11) is 1.56. The fourth-order valence-electron chi connectivity index (χ4n) is 5.80. The maximum Gasteiger partial charge on any atom is 0.220 e. The maximum absolute atomic E-state index is 15.5. The van der Waals surface area contributed by atoms with E-state index < -0.39 is 5.82 Å². The van der Waals surface area contributed by atoms with Crippen LogP contribution in [0.5, 0.6) is 5.88 Å². The monoisotopic (exact) mass is 665 g/mol. The van der Waals surface area contributed by atoms with Crippen molar-refractivity contribution in [3.63, 3.8) is 0 Å². The number of carbonyl (C=O) groups is 1. The van der Waals surface area contributed by atoms with E-state index in [-0.39, 0.29) is 23.9 Å². The first-order valence-electron chi connectivity index (χ1n) is 15.1. The fraction of sp³-hybridized carbons (Fsp3) is 0.333. The van der Waals surface area contributed by atoms with Gasteiger partial charge in [-0.2, -0.15) is 0 Å². The first-order chi connectivity index (χ1) is 22.3. The number of rotatable bonds is 11. The molecule has 10 nitrogen and oxygen atoms in total. The third-order valence-corrected chi connectivity index (χ3v) is 9.00. The van der Waals surface area contributed by atoms with Crippen molar-refractivity contribution in [1.29, 1.82) is 0 Å². The van der Waals surface area contributed by atoms with Crippen LogP contribution in [0.15, 0.2) is 54.9 Å². The van der Waals surface area contributed by atoms with Crippen molar-refractivity contribution in [2.24, 2.45) is 0 Å². The number of likely N-dealkylation sites (tertiary alicyclic amines) is 1. The van der Waals surface area contributed by atoms with E-state index in [0.29, 0.717) is 95.3 Å². The number of aliphatic hydroxyl groups is 1. The van der Waals surface area contributed by atoms with Crippen molar-refractivity contribution in [2.75, 3.05) is 32.1 Å². The Morgan fingerprint density at radius 1 is 1.07 bits per heavy atom. The highest BCUT2D eigenvalue weighted by Gasteiger charge is 2.23. The molecule has 3 aromatic heterocycles. The lowest BCUT2D eigenvalue weighted by Crippen LogP contribution is -2.35. The molecule has 13 heteroatoms. The van der Waals surface area contributed by atoms with Gasteiger partial charge in [0.25, 0.3) is 0 Å². The lowest BCUT2D eigenvalue weighted by Gasteiger charge is -2.17. The molecule has 0 aliphatic carbocycles. The number of benzene rings is 1. The molecule has 2 fully saturated rings. The summed E-state index contributed by atoms with van der Waals surface area (Å²) in [6.07, 6.45) is 4.84. The standard InChI is InChI=1S/C33H34Cl2FN7O3/c1-46-33-19(15-37-16-21-6-8-27(45)40-21)5-7-25(42-33)23-10-13-38-31(29(23)35)24-3-2-4-26(28(24)34)41-32-30(36)20(9-12-39-32)17-43-14-11-22(44)18-43/h2-5,7,9-10,12-13,21-22,37,44H,6,8,11,14-18H2,1H3,(H,39,41)(H,40,45)/t21-,22+/m1/s1. The molecular formula is C33H34Cl2FN7O3. The Morgan fingerprint density at radius 3 is 2.67 bits per heavy atom. The number of β-amino-alcohol motifs (C(OH)–C–C–N with tert-alkyl or cyclic N) is 1. The first kappa shape index (κ1) is 32.1. The molecule has 0 radical (unpaired) electrons. The zero-order valence-corrected chi connectivity index (χ0v) is 26.7. The molecule has 0 unspecified atom stereocenters. The van der Waals surface area contributed by atoms with E-state index in [1.165, 1.54) is 0 Å². The van der Waals surface area contributed by atoms with Crippen LogP contribution >= 0.6 is 23.2 Å². The highest BCUT2D eigenvalue weighted by Crippen LogP contribution is 2.41. The molecule has 2 aliphatic rings. The number of halogens is 3. The molecule has 1 aromatic carbocycles. The van der Waals surface area contributed by atoms with Crippen molar-refractivity contribution >= 4 is 40.6 Å². The minimum atomic E-state index is -0.479. The molecule has 5 heterocycles. The molecule has 2 atom stereocenters. The Kier molecular flexibility index (Phi) is 9.95. The maximum atomic E-state index is 15.5. The summed E-state index contributed by atoms with van der Waals surface area (Å²) in [6, 6.07) is 12.6. The normalized spacial score (nSPS) is 18.2. The highest BCUT2D eigenvalue weighted by atomic mass is 35.5. The average Bonchev–Trinajstić information content (AvgIpc) is 3.67. The third kappa shape index (κ3) is 7.08. The summed E-state index contributed by atoms with van der Waals surface area (Å²) >= 11 is 13.8. The van der Waals surface area contributed by atoms with E-state index in [2.05, 4.69) is 25.9 Å². The molecule has 4 aromatic rings. The van der Waals surface area contributed by atoms with Crippen LogP contribution in [0.4, 0.5) is 15.9 Å². The van der Waals surface area contributed by atoms with E-state index >= 15 is 4.39 Å². The first-order valence-corrected chi connectivity index (χ1v) is 15.8. The number of hydrogen-bond acceptors (Lipinski definition) is 9. The van der Waals surface area contributed by atoms with Gasteiger partial charge in [0.2, 0.25) is 11.8 Å². The Balaban J connectivity index is 1.21. The zero-order chi connectivity index (χ0) is 32.2. The summed E-state index contributed by atoms with van der Waals surface area (Å²) in [5.41, 5.74) is 4.00. The van der Waals surface area contributed by atoms with Gasteiger partial charge in [-0.25, -0.2) is 14.4 Å². The number of pyridine rings is 3. The van der Waals surface area contributed by atoms with Crippen LogP contribution in [0.25, 0.3) is 22.5 Å². The molecule has 0 bridgehead atoms. The minimum absolute atomic E-state index is 0.0444. The third-order valence-electron chi connectivity index (χ3n) is 8.21. The second-order valence-corrected chi connectivity index (χ2v) is 12.2. The summed E-state index contributed by atoms with van der Waals surface area (Å²) < 4.78 is 21.1. The molecule has 6 rings (SSSR count). The molecule has 240 valence electrons. The van der Waals surface area contributed by atoms with Crippen molar-refractivity contribution in [3.8, 4) is 28.4 Å². The van der Waals surface area contributed by atoms with Crippen LogP contribution < -0.4 is 20.7 Å². The number of nitrogens with zero attached hydrogens (tertiary/aromatic N) is 4. The average molecular weight is 667 g/mol. The van der Waals surface area contributed by atoms with Crippen LogP contribution in [-0.2, 0) is 17.9 Å². The van der Waals surface area contributed by atoms with Crippen LogP contribution in [0, 0.1) is 5.82 Å². The zero-order valence-electron chi connectivity index (χ0n) is 25.2. The van der Waals surface area contributed by atoms with Crippen LogP contribution in [0.2, 0.25) is 10.0 Å². The Bertz CT molecular complexity index is 1740. The number of anilines is 2. The number of aromatic nitrogens is 3. The predicted molar refractivity (Wildman–Crippen MR) is 176 cm³/mol. The second kappa shape index (κ2) is 14.3. The lowest BCUT2D eigenvalue weighted by molar-refractivity contribution is -0.119. The van der Waals surface area contributed by atoms with E-state index in [4.69, 9.17) is 32.9 Å². The van der Waals surface area contributed by atoms with Gasteiger partial charge in [-0.1, -0.05) is 41.4 Å². The predicted octanol–water partition coefficient (Wildman–Crippen LogP) is 5.34. The van der Waals surface area contributed by atoms with Crippen molar-refractivity contribution in [3.05, 3.63) is 81.8 Å². The SMILES string of the molecule is COc1nc(-c2ccnc(-c3cccc(Nc4nccc(CN5CC[C@H](O)C5)c4F)c3Cl)c2Cl)ccc1CNC[C@H]1CCC(=O)N1. The molecule has 2 saturated heterocycles. The summed E-state index contributed by atoms with van der Waals surface area (Å²) in [4.78, 5) is 26.9. The number of hydrogen-bond donors (Lipinski definition) is 4. The van der Waals surface area contributed by atoms with Crippen molar-refractivity contribution in [1.82, 2.24) is 30.5 Å². The summed E-state index contributed by atoms with van der Waals surface area (Å²) in [5.74, 6) is 0.104. The quantitative estimate of drug-likeness (QED) is 0.168. The van der Waals surface area contributed by atoms with Gasteiger partial charge in [0.1, 0.15) is 0 Å². The van der Waals surface area contributed by atoms with Crippen LogP contribution in [-0.4, -0.2) is 69.8 Å². The Hall–Kier alpha value is -3.87. The van der Waals surface area contributed by atoms with Gasteiger partial charge in [-0.05, 0) is 37.1 Å². The summed E-state index contributed by atoms with van der Waals surface area (Å²) in [6.45, 7) is 2.77. The number of aliphatic hydroxyl groups excluding tert-OH is 1. The smallest absolute Gasteiger partial charge is 0.220 e. The molecule has 0 spiro atoms. The van der Waals surface area contributed by atoms with Gasteiger partial charge in [0, 0.05) is 79.8 Å². The van der Waals surface area contributed by atoms with Crippen LogP contribution in [0.3, 0.4) is 0 Å². The number of nitrogens with one attached hydrogen (secondary N) is 3. The van der Waals surface area contributed by atoms with E-state index in [0.717, 1.165) is 12.0 Å². The van der Waals surface area contributed by atoms with E-state index in [1.807, 2.05) is 17.0 Å². The fourth-order valence-corrected chi connectivity index (χ4v) is 6.37. The van der Waals surface area contributed by atoms with Crippen LogP contribution in [0.1, 0.15) is 30.4 Å². The largest absolute Gasteiger partial charge is 0.481 e. The van der Waals surface area contributed by atoms with Crippen molar-refractivity contribution < 1.29 is 19.0 Å². The molecule has 46 heavy (non-hydrogen) atoms. The number of amides is 1. The van der Waals surface area contributed by atoms with E-state index in [1.54, 1.807) is 49.8 Å². The number of ether oxygens (including phenoxy) is 1. The Morgan fingerprint density at radius 2 is 1.91 bits per heavy atom. The summed E-state index contributed by atoms with van der Waals surface area (Å²) in [5, 5.41) is 19.8. The van der Waals surface area contributed by atoms with E-state index in [9.17, 15) is 9.90 Å². The van der Waals surface area contributed by atoms with Gasteiger partial charge < -0.3 is 25.8 Å². The molecular weight excluding hydrogens is 632 g/mol. The highest BCUT2D eigenvalue weighted by molar-refractivity contribution is 6.39. The number of methoxy groups -OCH3 is 1. The van der Waals surface area contributed by atoms with Gasteiger partial charge in [-0.3, -0.25) is 14.7 Å². The molecule has 4 N–H and O–H groups in total. The number of carbonyl (C=O) groups excluding carboxylic acids is 1. The second-order valence-electron chi connectivity index (χ2n) is 11.4. The molecule has 0 saturated carbocycles. The van der Waals surface area contributed by atoms with Gasteiger partial charge >= 0.3 is 0 Å². The minimum Gasteiger partial charge on any atom is -0.481 e. The van der Waals surface area contributed by atoms with Crippen molar-refractivity contribution in [2.45, 2.75) is 44.5 Å². The molecule has 2 aliphatic heterocycles. The molecule has 1 amide bonds. The van der Waals surface area contributed by atoms with Gasteiger partial charge in [0.15, 0.2) is 11.6 Å². The lowest BCUT2D eigenvalue weighted by atomic mass is 10.1. The topological polar surface area (TPSA) is 125 Å². The Labute approximate surface area is 276 Å².